The molecule has 1 aromatic heterocycles. The highest BCUT2D eigenvalue weighted by molar-refractivity contribution is 5.94. The van der Waals surface area contributed by atoms with Gasteiger partial charge < -0.3 is 10.4 Å². The van der Waals surface area contributed by atoms with Crippen molar-refractivity contribution >= 4 is 5.91 Å². The summed E-state index contributed by atoms with van der Waals surface area (Å²) in [5, 5.41) is 20.1. The Morgan fingerprint density at radius 1 is 1.29 bits per heavy atom. The zero-order chi connectivity index (χ0) is 16.5. The second kappa shape index (κ2) is 6.40. The minimum Gasteiger partial charge on any atom is -0.393 e. The van der Waals surface area contributed by atoms with Crippen LogP contribution < -0.4 is 5.32 Å². The van der Waals surface area contributed by atoms with Crippen LogP contribution in [0.4, 0.5) is 0 Å². The van der Waals surface area contributed by atoms with Gasteiger partial charge in [0.15, 0.2) is 5.69 Å². The van der Waals surface area contributed by atoms with E-state index in [0.29, 0.717) is 11.6 Å². The average molecular weight is 325 g/mol. The summed E-state index contributed by atoms with van der Waals surface area (Å²) in [6, 6.07) is 10.2. The van der Waals surface area contributed by atoms with Crippen LogP contribution in [-0.4, -0.2) is 33.4 Å². The monoisotopic (exact) mass is 325 g/mol. The predicted octanol–water partition coefficient (Wildman–Crippen LogP) is 2.01. The number of H-pyrrole nitrogens is 1. The SMILES string of the molecule is O=C(N[C@@H](Cc1ccccc1)C1CC(O)C1)c1n[nH]c2c1CCC2. The van der Waals surface area contributed by atoms with E-state index in [1.807, 2.05) is 18.2 Å². The maximum Gasteiger partial charge on any atom is 0.272 e. The van der Waals surface area contributed by atoms with Crippen molar-refractivity contribution in [3.05, 3.63) is 52.8 Å². The molecule has 5 nitrogen and oxygen atoms in total. The number of aliphatic hydroxyl groups excluding tert-OH is 1. The van der Waals surface area contributed by atoms with Crippen LogP contribution in [-0.2, 0) is 19.3 Å². The second-order valence-corrected chi connectivity index (χ2v) is 7.04. The van der Waals surface area contributed by atoms with Gasteiger partial charge in [-0.15, -0.1) is 0 Å². The van der Waals surface area contributed by atoms with Crippen molar-refractivity contribution in [2.45, 2.75) is 50.7 Å². The molecule has 1 atom stereocenters. The molecule has 1 heterocycles. The van der Waals surface area contributed by atoms with Crippen LogP contribution in [0.1, 0.15) is 46.6 Å². The lowest BCUT2D eigenvalue weighted by Gasteiger charge is -2.38. The zero-order valence-electron chi connectivity index (χ0n) is 13.7. The third-order valence-electron chi connectivity index (χ3n) is 5.36. The zero-order valence-corrected chi connectivity index (χ0v) is 13.7. The van der Waals surface area contributed by atoms with Gasteiger partial charge in [0.05, 0.1) is 6.10 Å². The molecule has 0 aliphatic heterocycles. The molecule has 0 spiro atoms. The fourth-order valence-electron chi connectivity index (χ4n) is 3.91. The molecule has 126 valence electrons. The van der Waals surface area contributed by atoms with Crippen molar-refractivity contribution in [2.75, 3.05) is 0 Å². The van der Waals surface area contributed by atoms with Crippen LogP contribution in [0, 0.1) is 5.92 Å². The molecule has 1 fully saturated rings. The molecule has 24 heavy (non-hydrogen) atoms. The highest BCUT2D eigenvalue weighted by Crippen LogP contribution is 2.32. The lowest BCUT2D eigenvalue weighted by atomic mass is 9.75. The summed E-state index contributed by atoms with van der Waals surface area (Å²) in [6.07, 6.45) is 5.09. The first-order valence-electron chi connectivity index (χ1n) is 8.79. The van der Waals surface area contributed by atoms with E-state index in [1.54, 1.807) is 0 Å². The number of amides is 1. The van der Waals surface area contributed by atoms with E-state index in [1.165, 1.54) is 5.56 Å². The summed E-state index contributed by atoms with van der Waals surface area (Å²) >= 11 is 0. The van der Waals surface area contributed by atoms with E-state index in [2.05, 4.69) is 27.6 Å². The normalized spacial score (nSPS) is 23.4. The Morgan fingerprint density at radius 2 is 2.08 bits per heavy atom. The summed E-state index contributed by atoms with van der Waals surface area (Å²) < 4.78 is 0. The van der Waals surface area contributed by atoms with Crippen molar-refractivity contribution in [3.8, 4) is 0 Å². The minimum absolute atomic E-state index is 0.0389. The number of rotatable bonds is 5. The summed E-state index contributed by atoms with van der Waals surface area (Å²) in [6.45, 7) is 0. The molecule has 1 amide bonds. The molecule has 4 rings (SSSR count). The summed E-state index contributed by atoms with van der Waals surface area (Å²) in [5.74, 6) is 0.243. The van der Waals surface area contributed by atoms with Crippen molar-refractivity contribution in [1.82, 2.24) is 15.5 Å². The molecule has 3 N–H and O–H groups in total. The number of nitrogens with one attached hydrogen (secondary N) is 2. The first-order valence-corrected chi connectivity index (χ1v) is 8.79. The smallest absolute Gasteiger partial charge is 0.272 e. The summed E-state index contributed by atoms with van der Waals surface area (Å²) in [4.78, 5) is 12.7. The van der Waals surface area contributed by atoms with Gasteiger partial charge in [-0.25, -0.2) is 0 Å². The standard InChI is InChI=1S/C19H23N3O2/c23-14-10-13(11-14)17(9-12-5-2-1-3-6-12)20-19(24)18-15-7-4-8-16(15)21-22-18/h1-3,5-6,13-14,17,23H,4,7-11H2,(H,20,24)(H,21,22)/t13?,14?,17-/m0/s1. The molecule has 2 aliphatic carbocycles. The molecule has 2 aliphatic rings. The first-order chi connectivity index (χ1) is 11.7. The van der Waals surface area contributed by atoms with E-state index in [0.717, 1.165) is 49.8 Å². The third kappa shape index (κ3) is 2.96. The minimum atomic E-state index is -0.222. The Morgan fingerprint density at radius 3 is 2.83 bits per heavy atom. The Hall–Kier alpha value is -2.14. The molecule has 0 bridgehead atoms. The average Bonchev–Trinajstić information content (AvgIpc) is 3.15. The Bertz CT molecular complexity index is 719. The largest absolute Gasteiger partial charge is 0.393 e. The number of hydrogen-bond donors (Lipinski definition) is 3. The molecule has 1 saturated carbocycles. The fourth-order valence-corrected chi connectivity index (χ4v) is 3.91. The van der Waals surface area contributed by atoms with Crippen LogP contribution >= 0.6 is 0 Å². The van der Waals surface area contributed by atoms with Gasteiger partial charge in [0, 0.05) is 17.3 Å². The number of nitrogens with zero attached hydrogens (tertiary/aromatic N) is 1. The third-order valence-corrected chi connectivity index (χ3v) is 5.36. The van der Waals surface area contributed by atoms with E-state index in [9.17, 15) is 9.90 Å². The number of hydrogen-bond acceptors (Lipinski definition) is 3. The number of carbonyl (C=O) groups excluding carboxylic acids is 1. The lowest BCUT2D eigenvalue weighted by molar-refractivity contribution is 0.0238. The van der Waals surface area contributed by atoms with Gasteiger partial charge in [-0.05, 0) is 50.0 Å². The fraction of sp³-hybridized carbons (Fsp3) is 0.474. The number of aromatic nitrogens is 2. The molecule has 5 heteroatoms. The molecular formula is C19H23N3O2. The van der Waals surface area contributed by atoms with Gasteiger partial charge in [-0.2, -0.15) is 5.10 Å². The molecule has 1 aromatic carbocycles. The summed E-state index contributed by atoms with van der Waals surface area (Å²) in [7, 11) is 0. The van der Waals surface area contributed by atoms with Crippen LogP contribution in [0.15, 0.2) is 30.3 Å². The quantitative estimate of drug-likeness (QED) is 0.787. The van der Waals surface area contributed by atoms with Crippen molar-refractivity contribution < 1.29 is 9.90 Å². The molecule has 2 aromatic rings. The number of aryl methyl sites for hydroxylation is 1. The van der Waals surface area contributed by atoms with Crippen LogP contribution in [0.2, 0.25) is 0 Å². The van der Waals surface area contributed by atoms with Gasteiger partial charge in [-0.1, -0.05) is 30.3 Å². The summed E-state index contributed by atoms with van der Waals surface area (Å²) in [5.41, 5.74) is 3.95. The van der Waals surface area contributed by atoms with E-state index >= 15 is 0 Å². The van der Waals surface area contributed by atoms with Gasteiger partial charge in [0.2, 0.25) is 0 Å². The topological polar surface area (TPSA) is 78.0 Å². The molecule has 0 unspecified atom stereocenters. The van der Waals surface area contributed by atoms with Crippen LogP contribution in [0.5, 0.6) is 0 Å². The van der Waals surface area contributed by atoms with Crippen molar-refractivity contribution in [3.63, 3.8) is 0 Å². The highest BCUT2D eigenvalue weighted by atomic mass is 16.3. The van der Waals surface area contributed by atoms with E-state index in [4.69, 9.17) is 0 Å². The number of fused-ring (bicyclic) bond motifs is 1. The van der Waals surface area contributed by atoms with E-state index < -0.39 is 0 Å². The van der Waals surface area contributed by atoms with Gasteiger partial charge in [0.1, 0.15) is 0 Å². The molecular weight excluding hydrogens is 302 g/mol. The Balaban J connectivity index is 1.49. The highest BCUT2D eigenvalue weighted by Gasteiger charge is 2.35. The first kappa shape index (κ1) is 15.4. The van der Waals surface area contributed by atoms with Crippen molar-refractivity contribution in [2.24, 2.45) is 5.92 Å². The maximum absolute atomic E-state index is 12.7. The predicted molar refractivity (Wildman–Crippen MR) is 90.7 cm³/mol. The van der Waals surface area contributed by atoms with Crippen molar-refractivity contribution in [1.29, 1.82) is 0 Å². The molecule has 0 saturated heterocycles. The van der Waals surface area contributed by atoms with Gasteiger partial charge in [-0.3, -0.25) is 9.89 Å². The number of carbonyl (C=O) groups is 1. The Kier molecular flexibility index (Phi) is 4.10. The van der Waals surface area contributed by atoms with Gasteiger partial charge >= 0.3 is 0 Å². The molecule has 0 radical (unpaired) electrons. The second-order valence-electron chi connectivity index (χ2n) is 7.04. The number of benzene rings is 1. The van der Waals surface area contributed by atoms with Crippen LogP contribution in [0.3, 0.4) is 0 Å². The lowest BCUT2D eigenvalue weighted by Crippen LogP contribution is -2.48. The van der Waals surface area contributed by atoms with Crippen LogP contribution in [0.25, 0.3) is 0 Å². The number of aromatic amines is 1. The Labute approximate surface area is 141 Å². The van der Waals surface area contributed by atoms with E-state index in [-0.39, 0.29) is 18.1 Å². The number of aliphatic hydroxyl groups is 1. The van der Waals surface area contributed by atoms with Gasteiger partial charge in [0.25, 0.3) is 5.91 Å². The maximum atomic E-state index is 12.7.